The van der Waals surface area contributed by atoms with Crippen molar-refractivity contribution in [2.24, 2.45) is 0 Å². The molecule has 0 aliphatic heterocycles. The maximum Gasteiger partial charge on any atom is 0.490 e. The number of hydrogen-bond acceptors (Lipinski definition) is 6. The number of carboxylic acids is 1. The van der Waals surface area contributed by atoms with Crippen LogP contribution in [-0.2, 0) is 19.4 Å². The fourth-order valence-electron chi connectivity index (χ4n) is 1.92. The maximum atomic E-state index is 12.2. The number of carboxylic acid groups (broad SMARTS) is 1. The van der Waals surface area contributed by atoms with Crippen LogP contribution in [0.1, 0.15) is 6.42 Å². The molecule has 0 bridgehead atoms. The van der Waals surface area contributed by atoms with E-state index < -0.39 is 22.0 Å². The highest BCUT2D eigenvalue weighted by atomic mass is 79.9. The smallest absolute Gasteiger partial charge is 0.475 e. The molecule has 0 aliphatic rings. The molecule has 2 N–H and O–H groups in total. The normalized spacial score (nSPS) is 11.2. The van der Waals surface area contributed by atoms with E-state index in [2.05, 4.69) is 26.2 Å². The van der Waals surface area contributed by atoms with Crippen LogP contribution in [0.2, 0.25) is 0 Å². The zero-order chi connectivity index (χ0) is 23.8. The number of nitrogens with zero attached hydrogens (tertiary/aromatic N) is 2. The van der Waals surface area contributed by atoms with Gasteiger partial charge in [-0.3, -0.25) is 4.79 Å². The summed E-state index contributed by atoms with van der Waals surface area (Å²) < 4.78 is 56.9. The van der Waals surface area contributed by atoms with Crippen LogP contribution in [0.5, 0.6) is 0 Å². The molecule has 0 saturated carbocycles. The fraction of sp³-hybridized carbons (Fsp3) is 0.278. The fourth-order valence-corrected chi connectivity index (χ4v) is 3.42. The van der Waals surface area contributed by atoms with E-state index in [1.807, 2.05) is 25.1 Å². The van der Waals surface area contributed by atoms with Crippen LogP contribution < -0.4 is 10.2 Å². The van der Waals surface area contributed by atoms with Gasteiger partial charge >= 0.3 is 12.1 Å². The maximum absolute atomic E-state index is 12.2. The molecule has 13 heteroatoms. The molecule has 170 valence electrons. The zero-order valence-corrected chi connectivity index (χ0v) is 18.8. The number of alkyl halides is 3. The Bertz CT molecular complexity index is 996. The van der Waals surface area contributed by atoms with Gasteiger partial charge in [0.05, 0.1) is 22.5 Å². The number of rotatable bonds is 6. The number of sulfone groups is 1. The van der Waals surface area contributed by atoms with E-state index in [-0.39, 0.29) is 23.0 Å². The number of anilines is 2. The van der Waals surface area contributed by atoms with Gasteiger partial charge in [-0.2, -0.15) is 13.2 Å². The van der Waals surface area contributed by atoms with Crippen molar-refractivity contribution in [3.8, 4) is 0 Å². The number of pyridine rings is 1. The van der Waals surface area contributed by atoms with Crippen molar-refractivity contribution >= 4 is 49.1 Å². The Hall–Kier alpha value is -2.67. The molecule has 0 fully saturated rings. The molecule has 8 nitrogen and oxygen atoms in total. The molecule has 0 unspecified atom stereocenters. The summed E-state index contributed by atoms with van der Waals surface area (Å²) in [4.78, 5) is 27.0. The standard InChI is InChI=1S/C16H18BrN3O3S.C2HF3O2/c1-20(2)13-5-8-15(18-11-13)19-16(21)9-10-24(22,23)14-6-3-12(17)4-7-14;3-2(4,5)1(6)7/h3-8,11H,9-10H2,1-2H3,(H,18,19,21);(H,6,7). The van der Waals surface area contributed by atoms with Crippen LogP contribution in [0, 0.1) is 0 Å². The lowest BCUT2D eigenvalue weighted by Gasteiger charge is -2.12. The Kier molecular flexibility index (Phi) is 9.43. The topological polar surface area (TPSA) is 117 Å². The average Bonchev–Trinajstić information content (AvgIpc) is 2.67. The first-order chi connectivity index (χ1) is 14.2. The van der Waals surface area contributed by atoms with Crippen LogP contribution in [-0.4, -0.2) is 56.4 Å². The van der Waals surface area contributed by atoms with Gasteiger partial charge in [-0.25, -0.2) is 18.2 Å². The van der Waals surface area contributed by atoms with E-state index in [0.717, 1.165) is 10.2 Å². The van der Waals surface area contributed by atoms with Crippen LogP contribution in [0.4, 0.5) is 24.7 Å². The summed E-state index contributed by atoms with van der Waals surface area (Å²) >= 11 is 3.26. The van der Waals surface area contributed by atoms with Gasteiger partial charge in [-0.05, 0) is 36.4 Å². The number of halogens is 4. The molecule has 0 spiro atoms. The summed E-state index contributed by atoms with van der Waals surface area (Å²) in [5, 5.41) is 9.73. The quantitative estimate of drug-likeness (QED) is 0.593. The molecule has 1 heterocycles. The molecule has 0 atom stereocenters. The zero-order valence-electron chi connectivity index (χ0n) is 16.4. The second-order valence-electron chi connectivity index (χ2n) is 6.17. The van der Waals surface area contributed by atoms with Crippen molar-refractivity contribution in [1.82, 2.24) is 4.98 Å². The van der Waals surface area contributed by atoms with Crippen molar-refractivity contribution in [3.63, 3.8) is 0 Å². The molecule has 31 heavy (non-hydrogen) atoms. The highest BCUT2D eigenvalue weighted by molar-refractivity contribution is 9.10. The number of aliphatic carboxylic acids is 1. The van der Waals surface area contributed by atoms with Gasteiger partial charge in [0.1, 0.15) is 5.82 Å². The minimum atomic E-state index is -5.08. The van der Waals surface area contributed by atoms with Crippen molar-refractivity contribution in [3.05, 3.63) is 47.1 Å². The first-order valence-electron chi connectivity index (χ1n) is 8.44. The first kappa shape index (κ1) is 26.4. The van der Waals surface area contributed by atoms with E-state index in [9.17, 15) is 26.4 Å². The molecule has 1 amide bonds. The Balaban J connectivity index is 0.000000592. The van der Waals surface area contributed by atoms with Crippen LogP contribution in [0.15, 0.2) is 52.0 Å². The number of benzene rings is 1. The lowest BCUT2D eigenvalue weighted by atomic mass is 10.3. The number of hydrogen-bond donors (Lipinski definition) is 2. The largest absolute Gasteiger partial charge is 0.490 e. The first-order valence-corrected chi connectivity index (χ1v) is 10.9. The van der Waals surface area contributed by atoms with E-state index in [4.69, 9.17) is 9.90 Å². The van der Waals surface area contributed by atoms with Gasteiger partial charge in [-0.1, -0.05) is 15.9 Å². The summed E-state index contributed by atoms with van der Waals surface area (Å²) in [6.45, 7) is 0. The average molecular weight is 526 g/mol. The molecular formula is C18H19BrF3N3O5S. The highest BCUT2D eigenvalue weighted by Crippen LogP contribution is 2.17. The summed E-state index contributed by atoms with van der Waals surface area (Å²) in [5.41, 5.74) is 0.908. The molecule has 2 rings (SSSR count). The third kappa shape index (κ3) is 9.34. The molecule has 2 aromatic rings. The van der Waals surface area contributed by atoms with Crippen LogP contribution >= 0.6 is 15.9 Å². The Morgan fingerprint density at radius 1 is 1.13 bits per heavy atom. The van der Waals surface area contributed by atoms with Crippen LogP contribution in [0.25, 0.3) is 0 Å². The Morgan fingerprint density at radius 3 is 2.10 bits per heavy atom. The lowest BCUT2D eigenvalue weighted by molar-refractivity contribution is -0.192. The van der Waals surface area contributed by atoms with Crippen molar-refractivity contribution in [2.45, 2.75) is 17.5 Å². The van der Waals surface area contributed by atoms with Gasteiger partial charge in [0.2, 0.25) is 5.91 Å². The number of amides is 1. The van der Waals surface area contributed by atoms with Crippen LogP contribution in [0.3, 0.4) is 0 Å². The van der Waals surface area contributed by atoms with Gasteiger partial charge in [0, 0.05) is 25.0 Å². The molecule has 0 saturated heterocycles. The van der Waals surface area contributed by atoms with Gasteiger partial charge in [-0.15, -0.1) is 0 Å². The third-order valence-corrected chi connectivity index (χ3v) is 5.81. The van der Waals surface area contributed by atoms with Crippen molar-refractivity contribution in [2.75, 3.05) is 30.1 Å². The number of nitrogens with one attached hydrogen (secondary N) is 1. The Morgan fingerprint density at radius 2 is 1.68 bits per heavy atom. The predicted octanol–water partition coefficient (Wildman–Crippen LogP) is 3.35. The van der Waals surface area contributed by atoms with Gasteiger partial charge in [0.15, 0.2) is 9.84 Å². The number of carbonyl (C=O) groups is 2. The highest BCUT2D eigenvalue weighted by Gasteiger charge is 2.38. The SMILES string of the molecule is CN(C)c1ccc(NC(=O)CCS(=O)(=O)c2ccc(Br)cc2)nc1.O=C(O)C(F)(F)F. The third-order valence-electron chi connectivity index (χ3n) is 3.54. The molecule has 0 radical (unpaired) electrons. The molecule has 1 aromatic carbocycles. The summed E-state index contributed by atoms with van der Waals surface area (Å²) in [6.07, 6.45) is -3.58. The predicted molar refractivity (Wildman–Crippen MR) is 112 cm³/mol. The Labute approximate surface area is 185 Å². The van der Waals surface area contributed by atoms with E-state index in [0.29, 0.717) is 5.82 Å². The molecule has 0 aliphatic carbocycles. The number of aromatic nitrogens is 1. The second kappa shape index (κ2) is 11.1. The summed E-state index contributed by atoms with van der Waals surface area (Å²) in [5.74, 6) is -3.00. The minimum Gasteiger partial charge on any atom is -0.475 e. The second-order valence-corrected chi connectivity index (χ2v) is 9.19. The van der Waals surface area contributed by atoms with Crippen molar-refractivity contribution in [1.29, 1.82) is 0 Å². The molecular weight excluding hydrogens is 507 g/mol. The van der Waals surface area contributed by atoms with E-state index in [1.54, 1.807) is 24.4 Å². The summed E-state index contributed by atoms with van der Waals surface area (Å²) in [7, 11) is 0.291. The monoisotopic (exact) mass is 525 g/mol. The number of carbonyl (C=O) groups excluding carboxylic acids is 1. The van der Waals surface area contributed by atoms with Gasteiger partial charge < -0.3 is 15.3 Å². The minimum absolute atomic E-state index is 0.129. The van der Waals surface area contributed by atoms with Gasteiger partial charge in [0.25, 0.3) is 0 Å². The summed E-state index contributed by atoms with van der Waals surface area (Å²) in [6, 6.07) is 9.84. The van der Waals surface area contributed by atoms with E-state index in [1.165, 1.54) is 12.1 Å². The van der Waals surface area contributed by atoms with E-state index >= 15 is 0 Å². The lowest BCUT2D eigenvalue weighted by Crippen LogP contribution is -2.21. The van der Waals surface area contributed by atoms with Crippen molar-refractivity contribution < 1.29 is 36.3 Å². The molecule has 1 aromatic heterocycles.